The molecule has 0 saturated heterocycles. The van der Waals surface area contributed by atoms with Crippen LogP contribution in [0.15, 0.2) is 54.7 Å². The summed E-state index contributed by atoms with van der Waals surface area (Å²) < 4.78 is 58.6. The van der Waals surface area contributed by atoms with Gasteiger partial charge in [0.1, 0.15) is 23.0 Å². The molecule has 3 amide bonds. The van der Waals surface area contributed by atoms with Crippen LogP contribution in [0.3, 0.4) is 0 Å². The van der Waals surface area contributed by atoms with Gasteiger partial charge in [0.2, 0.25) is 0 Å². The molecule has 0 bridgehead atoms. The molecule has 1 heterocycles. The van der Waals surface area contributed by atoms with Crippen molar-refractivity contribution in [1.82, 2.24) is 10.3 Å². The van der Waals surface area contributed by atoms with E-state index in [9.17, 15) is 27.2 Å². The number of nitrogens with zero attached hydrogens (tertiary/aromatic N) is 1. The van der Waals surface area contributed by atoms with Crippen LogP contribution in [0.25, 0.3) is 0 Å². The summed E-state index contributed by atoms with van der Waals surface area (Å²) in [6.07, 6.45) is -3.42. The van der Waals surface area contributed by atoms with Crippen LogP contribution in [-0.2, 0) is 6.18 Å². The third-order valence-corrected chi connectivity index (χ3v) is 4.48. The van der Waals surface area contributed by atoms with E-state index in [1.807, 2.05) is 0 Å². The highest BCUT2D eigenvalue weighted by Gasteiger charge is 2.33. The van der Waals surface area contributed by atoms with E-state index in [-0.39, 0.29) is 34.5 Å². The van der Waals surface area contributed by atoms with Crippen molar-refractivity contribution in [3.05, 3.63) is 76.8 Å². The van der Waals surface area contributed by atoms with Crippen LogP contribution < -0.4 is 20.7 Å². The van der Waals surface area contributed by atoms with E-state index in [1.165, 1.54) is 43.6 Å². The molecular formula is C21H15ClF4N4O3. The minimum absolute atomic E-state index is 0.0838. The second-order valence-electron chi connectivity index (χ2n) is 6.47. The van der Waals surface area contributed by atoms with Crippen molar-refractivity contribution in [2.45, 2.75) is 6.18 Å². The van der Waals surface area contributed by atoms with Crippen LogP contribution in [0.1, 0.15) is 16.1 Å². The molecule has 3 rings (SSSR count). The molecule has 0 unspecified atom stereocenters. The lowest BCUT2D eigenvalue weighted by molar-refractivity contribution is -0.137. The quantitative estimate of drug-likeness (QED) is 0.407. The maximum atomic E-state index is 14.4. The van der Waals surface area contributed by atoms with E-state index in [0.29, 0.717) is 6.07 Å². The molecule has 0 atom stereocenters. The number of hydrogen-bond donors (Lipinski definition) is 3. The fourth-order valence-electron chi connectivity index (χ4n) is 2.60. The van der Waals surface area contributed by atoms with Crippen molar-refractivity contribution < 1.29 is 31.9 Å². The number of amides is 3. The SMILES string of the molecule is CNC(=O)c1ccc(Oc2ccc(NC(=O)Nc3ccc(Cl)c(C(F)(F)F)c3)c(F)c2)cn1. The number of hydrogen-bond acceptors (Lipinski definition) is 4. The van der Waals surface area contributed by atoms with Gasteiger partial charge >= 0.3 is 12.2 Å². The van der Waals surface area contributed by atoms with E-state index in [4.69, 9.17) is 16.3 Å². The molecule has 3 N–H and O–H groups in total. The largest absolute Gasteiger partial charge is 0.456 e. The van der Waals surface area contributed by atoms with Gasteiger partial charge in [-0.2, -0.15) is 13.2 Å². The molecule has 33 heavy (non-hydrogen) atoms. The summed E-state index contributed by atoms with van der Waals surface area (Å²) in [5.41, 5.74) is -1.37. The average Bonchev–Trinajstić information content (AvgIpc) is 2.76. The Kier molecular flexibility index (Phi) is 7.02. The van der Waals surface area contributed by atoms with Crippen LogP contribution in [0, 0.1) is 5.82 Å². The normalized spacial score (nSPS) is 11.0. The van der Waals surface area contributed by atoms with E-state index in [0.717, 1.165) is 12.1 Å². The number of pyridine rings is 1. The Hall–Kier alpha value is -3.86. The van der Waals surface area contributed by atoms with Gasteiger partial charge in [0.15, 0.2) is 0 Å². The van der Waals surface area contributed by atoms with Gasteiger partial charge in [-0.15, -0.1) is 0 Å². The number of carbonyl (C=O) groups is 2. The maximum absolute atomic E-state index is 14.4. The summed E-state index contributed by atoms with van der Waals surface area (Å²) >= 11 is 5.54. The van der Waals surface area contributed by atoms with Crippen molar-refractivity contribution in [3.8, 4) is 11.5 Å². The maximum Gasteiger partial charge on any atom is 0.417 e. The van der Waals surface area contributed by atoms with E-state index in [2.05, 4.69) is 20.9 Å². The Morgan fingerprint density at radius 2 is 1.73 bits per heavy atom. The lowest BCUT2D eigenvalue weighted by Gasteiger charge is -2.13. The van der Waals surface area contributed by atoms with E-state index >= 15 is 0 Å². The highest BCUT2D eigenvalue weighted by atomic mass is 35.5. The summed E-state index contributed by atoms with van der Waals surface area (Å²) in [7, 11) is 1.46. The fraction of sp³-hybridized carbons (Fsp3) is 0.0952. The summed E-state index contributed by atoms with van der Waals surface area (Å²) in [5.74, 6) is -0.914. The van der Waals surface area contributed by atoms with Crippen molar-refractivity contribution in [2.75, 3.05) is 17.7 Å². The molecule has 172 valence electrons. The van der Waals surface area contributed by atoms with Crippen molar-refractivity contribution in [3.63, 3.8) is 0 Å². The zero-order valence-electron chi connectivity index (χ0n) is 16.8. The first kappa shape index (κ1) is 23.8. The Morgan fingerprint density at radius 3 is 2.33 bits per heavy atom. The third kappa shape index (κ3) is 6.10. The number of rotatable bonds is 5. The molecule has 0 saturated carbocycles. The van der Waals surface area contributed by atoms with E-state index < -0.39 is 28.6 Å². The number of aromatic nitrogens is 1. The minimum Gasteiger partial charge on any atom is -0.456 e. The van der Waals surface area contributed by atoms with Crippen LogP contribution >= 0.6 is 11.6 Å². The van der Waals surface area contributed by atoms with Crippen molar-refractivity contribution >= 4 is 34.9 Å². The molecule has 0 spiro atoms. The number of ether oxygens (including phenoxy) is 1. The van der Waals surface area contributed by atoms with Crippen LogP contribution in [0.5, 0.6) is 11.5 Å². The first-order valence-corrected chi connectivity index (χ1v) is 9.55. The van der Waals surface area contributed by atoms with Gasteiger partial charge in [-0.25, -0.2) is 14.2 Å². The monoisotopic (exact) mass is 482 g/mol. The molecule has 7 nitrogen and oxygen atoms in total. The van der Waals surface area contributed by atoms with Crippen LogP contribution in [0.4, 0.5) is 33.7 Å². The number of urea groups is 1. The number of carbonyl (C=O) groups excluding carboxylic acids is 2. The second kappa shape index (κ2) is 9.74. The highest BCUT2D eigenvalue weighted by Crippen LogP contribution is 2.36. The molecule has 0 aliphatic rings. The summed E-state index contributed by atoms with van der Waals surface area (Å²) in [5, 5.41) is 6.28. The molecule has 0 radical (unpaired) electrons. The standard InChI is InChI=1S/C21H15ClF4N4O3/c1-27-19(31)18-7-4-13(10-28-18)33-12-3-6-17(16(23)9-12)30-20(32)29-11-2-5-15(22)14(8-11)21(24,25)26/h2-10H,1H3,(H,27,31)(H2,29,30,32). The molecule has 2 aromatic carbocycles. The van der Waals surface area contributed by atoms with E-state index in [1.54, 1.807) is 0 Å². The summed E-state index contributed by atoms with van der Waals surface area (Å²) in [6, 6.07) is 8.31. The first-order valence-electron chi connectivity index (χ1n) is 9.17. The third-order valence-electron chi connectivity index (χ3n) is 4.15. The zero-order chi connectivity index (χ0) is 24.2. The second-order valence-corrected chi connectivity index (χ2v) is 6.88. The van der Waals surface area contributed by atoms with Gasteiger partial charge in [-0.1, -0.05) is 11.6 Å². The molecule has 1 aromatic heterocycles. The van der Waals surface area contributed by atoms with Crippen LogP contribution in [0.2, 0.25) is 5.02 Å². The topological polar surface area (TPSA) is 92.4 Å². The van der Waals surface area contributed by atoms with Gasteiger partial charge < -0.3 is 20.7 Å². The van der Waals surface area contributed by atoms with Crippen LogP contribution in [-0.4, -0.2) is 24.0 Å². The number of anilines is 2. The van der Waals surface area contributed by atoms with Crippen molar-refractivity contribution in [1.29, 1.82) is 0 Å². The highest BCUT2D eigenvalue weighted by molar-refractivity contribution is 6.31. The molecular weight excluding hydrogens is 468 g/mol. The Morgan fingerprint density at radius 1 is 1.00 bits per heavy atom. The van der Waals surface area contributed by atoms with Gasteiger partial charge in [-0.3, -0.25) is 4.79 Å². The molecule has 3 aromatic rings. The Bertz CT molecular complexity index is 1190. The smallest absolute Gasteiger partial charge is 0.417 e. The van der Waals surface area contributed by atoms with Gasteiger partial charge in [0.05, 0.1) is 22.5 Å². The first-order chi connectivity index (χ1) is 15.6. The molecule has 0 fully saturated rings. The van der Waals surface area contributed by atoms with Gasteiger partial charge in [-0.05, 0) is 42.5 Å². The molecule has 0 aliphatic carbocycles. The van der Waals surface area contributed by atoms with Gasteiger partial charge in [0, 0.05) is 18.8 Å². The molecule has 0 aliphatic heterocycles. The summed E-state index contributed by atoms with van der Waals surface area (Å²) in [4.78, 5) is 27.5. The number of benzene rings is 2. The number of alkyl halides is 3. The number of halogens is 5. The van der Waals surface area contributed by atoms with Gasteiger partial charge in [0.25, 0.3) is 5.91 Å². The zero-order valence-corrected chi connectivity index (χ0v) is 17.5. The minimum atomic E-state index is -4.70. The predicted octanol–water partition coefficient (Wildman–Crippen LogP) is 5.69. The lowest BCUT2D eigenvalue weighted by Crippen LogP contribution is -2.20. The van der Waals surface area contributed by atoms with Crippen molar-refractivity contribution in [2.24, 2.45) is 0 Å². The summed E-state index contributed by atoms with van der Waals surface area (Å²) in [6.45, 7) is 0. The average molecular weight is 483 g/mol. The Labute approximate surface area is 189 Å². The molecule has 12 heteroatoms. The Balaban J connectivity index is 1.65. The predicted molar refractivity (Wildman–Crippen MR) is 113 cm³/mol. The number of nitrogens with one attached hydrogen (secondary N) is 3. The lowest BCUT2D eigenvalue weighted by atomic mass is 10.2. The fourth-order valence-corrected chi connectivity index (χ4v) is 2.83.